The van der Waals surface area contributed by atoms with Crippen molar-refractivity contribution >= 4 is 50.4 Å². The zero-order valence-electron chi connectivity index (χ0n) is 14.2. The molecule has 0 spiro atoms. The van der Waals surface area contributed by atoms with Gasteiger partial charge in [0.2, 0.25) is 5.89 Å². The van der Waals surface area contributed by atoms with E-state index in [9.17, 15) is 0 Å². The number of thioether (sulfide) groups is 1. The Balaban J connectivity index is 1.44. The molecule has 0 radical (unpaired) electrons. The molecule has 4 aromatic heterocycles. The summed E-state index contributed by atoms with van der Waals surface area (Å²) in [4.78, 5) is 4.65. The Morgan fingerprint density at radius 3 is 3.04 bits per heavy atom. The SMILES string of the molecule is Cc1oc(-c2cccc(Cl)c2)nc1CSc1nncn2c1cc1sccc12. The van der Waals surface area contributed by atoms with Gasteiger partial charge in [-0.15, -0.1) is 21.5 Å². The Bertz CT molecular complexity index is 1270. The number of hydrogen-bond acceptors (Lipinski definition) is 6. The molecule has 0 aliphatic heterocycles. The number of aryl methyl sites for hydroxylation is 1. The van der Waals surface area contributed by atoms with E-state index in [4.69, 9.17) is 16.0 Å². The van der Waals surface area contributed by atoms with Crippen molar-refractivity contribution in [3.05, 3.63) is 64.6 Å². The molecular weight excluding hydrogens is 400 g/mol. The summed E-state index contributed by atoms with van der Waals surface area (Å²) in [6.45, 7) is 1.93. The minimum absolute atomic E-state index is 0.582. The van der Waals surface area contributed by atoms with E-state index in [1.54, 1.807) is 29.4 Å². The Kier molecular flexibility index (Phi) is 4.15. The molecule has 134 valence electrons. The number of thiophene rings is 1. The zero-order chi connectivity index (χ0) is 18.4. The van der Waals surface area contributed by atoms with E-state index in [0.717, 1.165) is 33.1 Å². The van der Waals surface area contributed by atoms with Gasteiger partial charge in [-0.3, -0.25) is 4.40 Å². The van der Waals surface area contributed by atoms with Crippen molar-refractivity contribution in [2.75, 3.05) is 0 Å². The van der Waals surface area contributed by atoms with Gasteiger partial charge in [0.15, 0.2) is 0 Å². The molecule has 5 rings (SSSR count). The standard InChI is InChI=1S/C19H13ClN4OS2/c1-11-14(22-18(25-11)12-3-2-4-13(20)7-12)9-27-19-16-8-17-15(5-6-26-17)24(16)10-21-23-19/h2-8,10H,9H2,1H3. The normalized spacial score (nSPS) is 11.6. The molecule has 0 N–H and O–H groups in total. The minimum Gasteiger partial charge on any atom is -0.441 e. The monoisotopic (exact) mass is 412 g/mol. The van der Waals surface area contributed by atoms with E-state index in [0.29, 0.717) is 16.7 Å². The van der Waals surface area contributed by atoms with E-state index >= 15 is 0 Å². The summed E-state index contributed by atoms with van der Waals surface area (Å²) in [6, 6.07) is 11.8. The average Bonchev–Trinajstić information content (AvgIpc) is 3.35. The lowest BCUT2D eigenvalue weighted by atomic mass is 10.2. The van der Waals surface area contributed by atoms with Crippen LogP contribution in [0.5, 0.6) is 0 Å². The van der Waals surface area contributed by atoms with Crippen LogP contribution in [0.1, 0.15) is 11.5 Å². The van der Waals surface area contributed by atoms with E-state index < -0.39 is 0 Å². The molecule has 0 unspecified atom stereocenters. The van der Waals surface area contributed by atoms with E-state index in [1.165, 1.54) is 4.70 Å². The molecule has 0 atom stereocenters. The summed E-state index contributed by atoms with van der Waals surface area (Å²) in [5, 5.41) is 12.1. The molecular formula is C19H13ClN4OS2. The molecule has 0 amide bonds. The van der Waals surface area contributed by atoms with Gasteiger partial charge < -0.3 is 4.42 Å². The number of aromatic nitrogens is 4. The highest BCUT2D eigenvalue weighted by atomic mass is 35.5. The smallest absolute Gasteiger partial charge is 0.226 e. The van der Waals surface area contributed by atoms with Crippen molar-refractivity contribution < 1.29 is 4.42 Å². The third kappa shape index (κ3) is 3.01. The van der Waals surface area contributed by atoms with Gasteiger partial charge in [0.05, 0.1) is 21.4 Å². The number of oxazole rings is 1. The van der Waals surface area contributed by atoms with Crippen molar-refractivity contribution in [3.8, 4) is 11.5 Å². The fourth-order valence-corrected chi connectivity index (χ4v) is 4.91. The van der Waals surface area contributed by atoms with Crippen molar-refractivity contribution in [2.45, 2.75) is 17.7 Å². The van der Waals surface area contributed by atoms with Crippen molar-refractivity contribution in [2.24, 2.45) is 0 Å². The highest BCUT2D eigenvalue weighted by Gasteiger charge is 2.15. The molecule has 0 aliphatic carbocycles. The van der Waals surface area contributed by atoms with Crippen LogP contribution in [-0.4, -0.2) is 19.6 Å². The summed E-state index contributed by atoms with van der Waals surface area (Å²) in [5.74, 6) is 2.04. The lowest BCUT2D eigenvalue weighted by molar-refractivity contribution is 0.540. The maximum atomic E-state index is 6.07. The number of fused-ring (bicyclic) bond motifs is 3. The van der Waals surface area contributed by atoms with E-state index in [-0.39, 0.29) is 0 Å². The first-order valence-electron chi connectivity index (χ1n) is 8.24. The van der Waals surface area contributed by atoms with Gasteiger partial charge in [-0.1, -0.05) is 29.4 Å². The molecule has 5 aromatic rings. The number of rotatable bonds is 4. The molecule has 27 heavy (non-hydrogen) atoms. The molecule has 4 heterocycles. The molecule has 0 saturated heterocycles. The van der Waals surface area contributed by atoms with Gasteiger partial charge in [-0.05, 0) is 42.6 Å². The van der Waals surface area contributed by atoms with Crippen molar-refractivity contribution in [1.82, 2.24) is 19.6 Å². The lowest BCUT2D eigenvalue weighted by Gasteiger charge is -2.01. The lowest BCUT2D eigenvalue weighted by Crippen LogP contribution is -1.94. The van der Waals surface area contributed by atoms with Gasteiger partial charge in [-0.2, -0.15) is 0 Å². The first kappa shape index (κ1) is 16.8. The summed E-state index contributed by atoms with van der Waals surface area (Å²) >= 11 is 9.40. The van der Waals surface area contributed by atoms with Gasteiger partial charge in [0.25, 0.3) is 0 Å². The first-order valence-corrected chi connectivity index (χ1v) is 10.5. The molecule has 0 saturated carbocycles. The Morgan fingerprint density at radius 1 is 1.22 bits per heavy atom. The molecule has 0 fully saturated rings. The summed E-state index contributed by atoms with van der Waals surface area (Å²) in [7, 11) is 0. The van der Waals surface area contributed by atoms with Crippen LogP contribution in [0.3, 0.4) is 0 Å². The van der Waals surface area contributed by atoms with Crippen molar-refractivity contribution in [1.29, 1.82) is 0 Å². The van der Waals surface area contributed by atoms with Gasteiger partial charge in [0, 0.05) is 16.3 Å². The van der Waals surface area contributed by atoms with E-state index in [1.807, 2.05) is 31.2 Å². The number of benzene rings is 1. The fourth-order valence-electron chi connectivity index (χ4n) is 2.96. The summed E-state index contributed by atoms with van der Waals surface area (Å²) in [6.07, 6.45) is 1.76. The van der Waals surface area contributed by atoms with Crippen molar-refractivity contribution in [3.63, 3.8) is 0 Å². The topological polar surface area (TPSA) is 56.2 Å². The number of nitrogens with zero attached hydrogens (tertiary/aromatic N) is 4. The van der Waals surface area contributed by atoms with Gasteiger partial charge >= 0.3 is 0 Å². The number of hydrogen-bond donors (Lipinski definition) is 0. The van der Waals surface area contributed by atoms with Gasteiger partial charge in [-0.25, -0.2) is 4.98 Å². The van der Waals surface area contributed by atoms with Crippen LogP contribution >= 0.6 is 34.7 Å². The Morgan fingerprint density at radius 2 is 2.15 bits per heavy atom. The third-order valence-electron chi connectivity index (χ3n) is 4.30. The average molecular weight is 413 g/mol. The zero-order valence-corrected chi connectivity index (χ0v) is 16.6. The van der Waals surface area contributed by atoms with Crippen LogP contribution in [0.4, 0.5) is 0 Å². The molecule has 8 heteroatoms. The first-order chi connectivity index (χ1) is 13.2. The Labute approximate surface area is 168 Å². The van der Waals surface area contributed by atoms with E-state index in [2.05, 4.69) is 37.1 Å². The van der Waals surface area contributed by atoms with Crippen LogP contribution < -0.4 is 0 Å². The molecule has 1 aromatic carbocycles. The fraction of sp³-hybridized carbons (Fsp3) is 0.105. The highest BCUT2D eigenvalue weighted by Crippen LogP contribution is 2.32. The third-order valence-corrected chi connectivity index (χ3v) is 6.38. The second-order valence-electron chi connectivity index (χ2n) is 6.03. The largest absolute Gasteiger partial charge is 0.441 e. The maximum Gasteiger partial charge on any atom is 0.226 e. The molecule has 5 nitrogen and oxygen atoms in total. The molecule has 0 aliphatic rings. The predicted molar refractivity (Wildman–Crippen MR) is 110 cm³/mol. The predicted octanol–water partition coefficient (Wildman–Crippen LogP) is 5.85. The van der Waals surface area contributed by atoms with Crippen LogP contribution in [0.25, 0.3) is 27.2 Å². The summed E-state index contributed by atoms with van der Waals surface area (Å²) in [5.41, 5.74) is 3.99. The Hall–Kier alpha value is -2.35. The maximum absolute atomic E-state index is 6.07. The van der Waals surface area contributed by atoms with Crippen LogP contribution in [-0.2, 0) is 5.75 Å². The van der Waals surface area contributed by atoms with Gasteiger partial charge in [0.1, 0.15) is 17.1 Å². The second-order valence-corrected chi connectivity index (χ2v) is 8.37. The number of halogens is 1. The second kappa shape index (κ2) is 6.67. The highest BCUT2D eigenvalue weighted by molar-refractivity contribution is 7.98. The quantitative estimate of drug-likeness (QED) is 0.346. The summed E-state index contributed by atoms with van der Waals surface area (Å²) < 4.78 is 9.15. The molecule has 0 bridgehead atoms. The minimum atomic E-state index is 0.582. The van der Waals surface area contributed by atoms with Crippen LogP contribution in [0.2, 0.25) is 5.02 Å². The van der Waals surface area contributed by atoms with Crippen LogP contribution in [0, 0.1) is 6.92 Å². The van der Waals surface area contributed by atoms with Crippen LogP contribution in [0.15, 0.2) is 57.5 Å².